The standard InChI is InChI=1S/C9H13N3S/c1-7(3-10)4-11-8(2)9-5-13-6-12-9/h5-8,11H,4H2,1-2H3. The maximum atomic E-state index is 8.57. The lowest BCUT2D eigenvalue weighted by Gasteiger charge is -2.11. The summed E-state index contributed by atoms with van der Waals surface area (Å²) >= 11 is 1.59. The van der Waals surface area contributed by atoms with Crippen molar-refractivity contribution in [1.29, 1.82) is 5.26 Å². The molecule has 0 saturated carbocycles. The molecule has 0 amide bonds. The second-order valence-electron chi connectivity index (χ2n) is 3.07. The van der Waals surface area contributed by atoms with E-state index < -0.39 is 0 Å². The van der Waals surface area contributed by atoms with Crippen molar-refractivity contribution in [2.45, 2.75) is 19.9 Å². The zero-order chi connectivity index (χ0) is 9.68. The van der Waals surface area contributed by atoms with Gasteiger partial charge in [-0.1, -0.05) is 0 Å². The van der Waals surface area contributed by atoms with E-state index in [1.165, 1.54) is 0 Å². The minimum Gasteiger partial charge on any atom is -0.308 e. The monoisotopic (exact) mass is 195 g/mol. The van der Waals surface area contributed by atoms with Gasteiger partial charge in [0.25, 0.3) is 0 Å². The lowest BCUT2D eigenvalue weighted by Crippen LogP contribution is -2.23. The van der Waals surface area contributed by atoms with Crippen LogP contribution < -0.4 is 5.32 Å². The molecule has 1 N–H and O–H groups in total. The van der Waals surface area contributed by atoms with Gasteiger partial charge in [-0.2, -0.15) is 5.26 Å². The van der Waals surface area contributed by atoms with Crippen molar-refractivity contribution in [2.24, 2.45) is 5.92 Å². The van der Waals surface area contributed by atoms with E-state index in [1.807, 2.05) is 17.8 Å². The summed E-state index contributed by atoms with van der Waals surface area (Å²) in [5.41, 5.74) is 2.87. The predicted molar refractivity (Wildman–Crippen MR) is 53.3 cm³/mol. The maximum absolute atomic E-state index is 8.57. The zero-order valence-electron chi connectivity index (χ0n) is 7.82. The first kappa shape index (κ1) is 10.2. The fourth-order valence-electron chi connectivity index (χ4n) is 0.939. The van der Waals surface area contributed by atoms with E-state index in [0.717, 1.165) is 12.2 Å². The van der Waals surface area contributed by atoms with Crippen LogP contribution in [0.2, 0.25) is 0 Å². The SMILES string of the molecule is CC(C#N)CNC(C)c1cscn1. The Hall–Kier alpha value is -0.920. The molecule has 0 saturated heterocycles. The summed E-state index contributed by atoms with van der Waals surface area (Å²) in [5.74, 6) is 0.0566. The number of rotatable bonds is 4. The number of nitriles is 1. The molecule has 1 heterocycles. The van der Waals surface area contributed by atoms with Crippen LogP contribution in [0.5, 0.6) is 0 Å². The van der Waals surface area contributed by atoms with Gasteiger partial charge in [0.1, 0.15) is 0 Å². The third kappa shape index (κ3) is 3.13. The van der Waals surface area contributed by atoms with Crippen LogP contribution in [0, 0.1) is 17.2 Å². The molecule has 13 heavy (non-hydrogen) atoms. The molecule has 0 radical (unpaired) electrons. The normalized spacial score (nSPS) is 14.8. The van der Waals surface area contributed by atoms with E-state index in [1.54, 1.807) is 11.3 Å². The van der Waals surface area contributed by atoms with Crippen LogP contribution in [0.1, 0.15) is 25.6 Å². The molecule has 0 aliphatic rings. The Morgan fingerprint density at radius 1 is 1.69 bits per heavy atom. The van der Waals surface area contributed by atoms with Crippen LogP contribution >= 0.6 is 11.3 Å². The van der Waals surface area contributed by atoms with Crippen LogP contribution in [0.15, 0.2) is 10.9 Å². The van der Waals surface area contributed by atoms with Crippen molar-refractivity contribution in [2.75, 3.05) is 6.54 Å². The van der Waals surface area contributed by atoms with E-state index in [0.29, 0.717) is 0 Å². The van der Waals surface area contributed by atoms with Crippen LogP contribution in [0.3, 0.4) is 0 Å². The summed E-state index contributed by atoms with van der Waals surface area (Å²) < 4.78 is 0. The molecular weight excluding hydrogens is 182 g/mol. The highest BCUT2D eigenvalue weighted by atomic mass is 32.1. The second-order valence-corrected chi connectivity index (χ2v) is 3.79. The fourth-order valence-corrected chi connectivity index (χ4v) is 1.59. The number of nitrogens with zero attached hydrogens (tertiary/aromatic N) is 2. The average Bonchev–Trinajstić information content (AvgIpc) is 2.66. The molecule has 4 heteroatoms. The maximum Gasteiger partial charge on any atom is 0.0795 e. The minimum absolute atomic E-state index is 0.0566. The lowest BCUT2D eigenvalue weighted by atomic mass is 10.2. The summed E-state index contributed by atoms with van der Waals surface area (Å²) in [6, 6.07) is 2.42. The third-order valence-electron chi connectivity index (χ3n) is 1.85. The number of hydrogen-bond donors (Lipinski definition) is 1. The summed E-state index contributed by atoms with van der Waals surface area (Å²) in [5, 5.41) is 13.9. The molecule has 0 bridgehead atoms. The van der Waals surface area contributed by atoms with E-state index >= 15 is 0 Å². The van der Waals surface area contributed by atoms with Gasteiger partial charge in [0.05, 0.1) is 23.2 Å². The minimum atomic E-state index is 0.0566. The van der Waals surface area contributed by atoms with E-state index in [9.17, 15) is 0 Å². The van der Waals surface area contributed by atoms with Crippen LogP contribution in [-0.4, -0.2) is 11.5 Å². The van der Waals surface area contributed by atoms with Gasteiger partial charge in [-0.25, -0.2) is 4.98 Å². The van der Waals surface area contributed by atoms with Gasteiger partial charge >= 0.3 is 0 Å². The van der Waals surface area contributed by atoms with Gasteiger partial charge < -0.3 is 5.32 Å². The topological polar surface area (TPSA) is 48.7 Å². The van der Waals surface area contributed by atoms with Gasteiger partial charge in [0.15, 0.2) is 0 Å². The summed E-state index contributed by atoms with van der Waals surface area (Å²) in [7, 11) is 0. The highest BCUT2D eigenvalue weighted by Crippen LogP contribution is 2.11. The third-order valence-corrected chi connectivity index (χ3v) is 2.45. The van der Waals surface area contributed by atoms with Crippen molar-refractivity contribution in [3.63, 3.8) is 0 Å². The molecule has 1 aromatic rings. The van der Waals surface area contributed by atoms with Crippen molar-refractivity contribution in [3.8, 4) is 6.07 Å². The van der Waals surface area contributed by atoms with Gasteiger partial charge in [-0.05, 0) is 13.8 Å². The Kier molecular flexibility index (Phi) is 3.87. The van der Waals surface area contributed by atoms with E-state index in [2.05, 4.69) is 23.3 Å². The van der Waals surface area contributed by atoms with Crippen molar-refractivity contribution >= 4 is 11.3 Å². The summed E-state index contributed by atoms with van der Waals surface area (Å²) in [4.78, 5) is 4.19. The number of nitrogens with one attached hydrogen (secondary N) is 1. The molecule has 3 nitrogen and oxygen atoms in total. The first-order valence-electron chi connectivity index (χ1n) is 4.25. The lowest BCUT2D eigenvalue weighted by molar-refractivity contribution is 0.521. The Morgan fingerprint density at radius 3 is 3.00 bits per heavy atom. The second kappa shape index (κ2) is 4.95. The molecule has 0 aliphatic carbocycles. The smallest absolute Gasteiger partial charge is 0.0795 e. The molecule has 0 aromatic carbocycles. The predicted octanol–water partition coefficient (Wildman–Crippen LogP) is 1.95. The molecule has 1 aromatic heterocycles. The molecular formula is C9H13N3S. The van der Waals surface area contributed by atoms with Gasteiger partial charge in [-0.3, -0.25) is 0 Å². The molecule has 1 rings (SSSR count). The highest BCUT2D eigenvalue weighted by Gasteiger charge is 2.07. The Labute approximate surface area is 82.4 Å². The van der Waals surface area contributed by atoms with Gasteiger partial charge in [0.2, 0.25) is 0 Å². The quantitative estimate of drug-likeness (QED) is 0.799. The number of thiazole rings is 1. The zero-order valence-corrected chi connectivity index (χ0v) is 8.64. The Morgan fingerprint density at radius 2 is 2.46 bits per heavy atom. The molecule has 2 unspecified atom stereocenters. The molecule has 70 valence electrons. The summed E-state index contributed by atoms with van der Waals surface area (Å²) in [6.45, 7) is 4.68. The van der Waals surface area contributed by atoms with Crippen LogP contribution in [-0.2, 0) is 0 Å². The average molecular weight is 195 g/mol. The Bertz CT molecular complexity index is 276. The fraction of sp³-hybridized carbons (Fsp3) is 0.556. The highest BCUT2D eigenvalue weighted by molar-refractivity contribution is 7.07. The van der Waals surface area contributed by atoms with Gasteiger partial charge in [0, 0.05) is 18.0 Å². The van der Waals surface area contributed by atoms with Crippen LogP contribution in [0.25, 0.3) is 0 Å². The number of aromatic nitrogens is 1. The van der Waals surface area contributed by atoms with Crippen molar-refractivity contribution in [1.82, 2.24) is 10.3 Å². The van der Waals surface area contributed by atoms with E-state index in [-0.39, 0.29) is 12.0 Å². The molecule has 0 spiro atoms. The van der Waals surface area contributed by atoms with Crippen molar-refractivity contribution < 1.29 is 0 Å². The van der Waals surface area contributed by atoms with E-state index in [4.69, 9.17) is 5.26 Å². The first-order chi connectivity index (χ1) is 6.24. The largest absolute Gasteiger partial charge is 0.308 e. The first-order valence-corrected chi connectivity index (χ1v) is 5.19. The number of hydrogen-bond acceptors (Lipinski definition) is 4. The van der Waals surface area contributed by atoms with Crippen molar-refractivity contribution in [3.05, 3.63) is 16.6 Å². The molecule has 0 aliphatic heterocycles. The van der Waals surface area contributed by atoms with Gasteiger partial charge in [-0.15, -0.1) is 11.3 Å². The Balaban J connectivity index is 2.35. The van der Waals surface area contributed by atoms with Crippen LogP contribution in [0.4, 0.5) is 0 Å². The summed E-state index contributed by atoms with van der Waals surface area (Å²) in [6.07, 6.45) is 0. The molecule has 2 atom stereocenters. The molecule has 0 fully saturated rings.